The van der Waals surface area contributed by atoms with Gasteiger partial charge in [0.15, 0.2) is 0 Å². The van der Waals surface area contributed by atoms with Crippen molar-refractivity contribution in [2.45, 2.75) is 6.42 Å². The molecule has 1 aliphatic heterocycles. The molecule has 0 fully saturated rings. The zero-order valence-electron chi connectivity index (χ0n) is 10.7. The quantitative estimate of drug-likeness (QED) is 0.800. The van der Waals surface area contributed by atoms with Gasteiger partial charge in [-0.3, -0.25) is 9.46 Å². The van der Waals surface area contributed by atoms with Gasteiger partial charge in [0, 0.05) is 6.54 Å². The zero-order valence-corrected chi connectivity index (χ0v) is 11.6. The standard InChI is InChI=1S/C15H13FNO2P/c16-20-17(11-10-12-6-2-1-3-7-12)15(18)13-8-4-5-9-14(13)19-20/h1-9H,10-11H2. The SMILES string of the molecule is O=C1c2ccccc2OP(F)N1CCc1ccccc1. The van der Waals surface area contributed by atoms with E-state index in [9.17, 15) is 8.99 Å². The van der Waals surface area contributed by atoms with Crippen LogP contribution in [0.25, 0.3) is 0 Å². The number of rotatable bonds is 3. The Kier molecular flexibility index (Phi) is 3.66. The van der Waals surface area contributed by atoms with Crippen molar-refractivity contribution in [3.63, 3.8) is 0 Å². The number of carbonyl (C=O) groups is 1. The molecule has 0 saturated carbocycles. The van der Waals surface area contributed by atoms with Crippen molar-refractivity contribution in [2.75, 3.05) is 6.54 Å². The molecule has 20 heavy (non-hydrogen) atoms. The minimum absolute atomic E-state index is 0.295. The van der Waals surface area contributed by atoms with Gasteiger partial charge in [-0.05, 0) is 24.1 Å². The first-order valence-corrected chi connectivity index (χ1v) is 7.44. The summed E-state index contributed by atoms with van der Waals surface area (Å²) in [5, 5.41) is 0. The first-order chi connectivity index (χ1) is 9.75. The van der Waals surface area contributed by atoms with Gasteiger partial charge in [-0.15, -0.1) is 0 Å². The molecule has 0 radical (unpaired) electrons. The van der Waals surface area contributed by atoms with Crippen LogP contribution in [0.2, 0.25) is 0 Å². The molecule has 2 aromatic carbocycles. The van der Waals surface area contributed by atoms with E-state index in [-0.39, 0.29) is 5.91 Å². The Balaban J connectivity index is 1.76. The number of benzene rings is 2. The Hall–Kier alpha value is -1.93. The van der Waals surface area contributed by atoms with Crippen LogP contribution in [-0.2, 0) is 6.42 Å². The third-order valence-corrected chi connectivity index (χ3v) is 4.28. The lowest BCUT2D eigenvalue weighted by Crippen LogP contribution is -2.32. The molecule has 0 aromatic heterocycles. The number of carbonyl (C=O) groups excluding carboxylic acids is 1. The predicted molar refractivity (Wildman–Crippen MR) is 76.3 cm³/mol. The lowest BCUT2D eigenvalue weighted by molar-refractivity contribution is 0.0838. The van der Waals surface area contributed by atoms with Gasteiger partial charge >= 0.3 is 8.61 Å². The van der Waals surface area contributed by atoms with E-state index >= 15 is 0 Å². The maximum absolute atomic E-state index is 14.0. The van der Waals surface area contributed by atoms with Crippen molar-refractivity contribution in [1.82, 2.24) is 4.67 Å². The summed E-state index contributed by atoms with van der Waals surface area (Å²) < 4.78 is 20.4. The van der Waals surface area contributed by atoms with Gasteiger partial charge in [-0.2, -0.15) is 4.20 Å². The number of hydrogen-bond donors (Lipinski definition) is 0. The monoisotopic (exact) mass is 289 g/mol. The molecule has 1 heterocycles. The molecule has 0 spiro atoms. The first kappa shape index (κ1) is 13.1. The van der Waals surface area contributed by atoms with E-state index in [0.29, 0.717) is 24.3 Å². The minimum Gasteiger partial charge on any atom is -0.428 e. The highest BCUT2D eigenvalue weighted by atomic mass is 31.2. The molecule has 3 rings (SSSR count). The molecule has 1 atom stereocenters. The molecule has 1 aliphatic rings. The molecular formula is C15H13FNO2P. The van der Waals surface area contributed by atoms with Crippen LogP contribution in [0.4, 0.5) is 4.20 Å². The Morgan fingerprint density at radius 1 is 1.05 bits per heavy atom. The molecule has 5 heteroatoms. The average molecular weight is 289 g/mol. The van der Waals surface area contributed by atoms with Crippen LogP contribution < -0.4 is 4.52 Å². The fourth-order valence-electron chi connectivity index (χ4n) is 2.12. The number of nitrogens with zero attached hydrogens (tertiary/aromatic N) is 1. The summed E-state index contributed by atoms with van der Waals surface area (Å²) in [7, 11) is -2.39. The number of fused-ring (bicyclic) bond motifs is 1. The predicted octanol–water partition coefficient (Wildman–Crippen LogP) is 3.96. The molecular weight excluding hydrogens is 276 g/mol. The topological polar surface area (TPSA) is 29.5 Å². The number of hydrogen-bond acceptors (Lipinski definition) is 2. The summed E-state index contributed by atoms with van der Waals surface area (Å²) in [5.74, 6) is 0.0402. The summed E-state index contributed by atoms with van der Waals surface area (Å²) >= 11 is 0. The van der Waals surface area contributed by atoms with E-state index in [0.717, 1.165) is 5.56 Å². The fourth-order valence-corrected chi connectivity index (χ4v) is 3.05. The van der Waals surface area contributed by atoms with Crippen LogP contribution in [-0.4, -0.2) is 17.1 Å². The highest BCUT2D eigenvalue weighted by Gasteiger charge is 2.35. The Labute approximate surface area is 118 Å². The van der Waals surface area contributed by atoms with Gasteiger partial charge in [-0.1, -0.05) is 42.5 Å². The van der Waals surface area contributed by atoms with Crippen LogP contribution in [0.3, 0.4) is 0 Å². The Morgan fingerprint density at radius 3 is 2.55 bits per heavy atom. The van der Waals surface area contributed by atoms with Crippen molar-refractivity contribution in [2.24, 2.45) is 0 Å². The van der Waals surface area contributed by atoms with Gasteiger partial charge in [-0.25, -0.2) is 0 Å². The van der Waals surface area contributed by atoms with Crippen molar-refractivity contribution in [3.8, 4) is 5.75 Å². The second kappa shape index (κ2) is 5.59. The normalized spacial score (nSPS) is 17.6. The van der Waals surface area contributed by atoms with Crippen LogP contribution in [0.15, 0.2) is 54.6 Å². The largest absolute Gasteiger partial charge is 0.428 e. The first-order valence-electron chi connectivity index (χ1n) is 6.34. The van der Waals surface area contributed by atoms with Crippen LogP contribution >= 0.6 is 8.61 Å². The summed E-state index contributed by atoms with van der Waals surface area (Å²) in [6.45, 7) is 0.319. The summed E-state index contributed by atoms with van der Waals surface area (Å²) in [6, 6.07) is 16.5. The molecule has 2 aromatic rings. The third-order valence-electron chi connectivity index (χ3n) is 3.17. The summed E-state index contributed by atoms with van der Waals surface area (Å²) in [4.78, 5) is 12.3. The van der Waals surface area contributed by atoms with Crippen LogP contribution in [0.1, 0.15) is 15.9 Å². The third kappa shape index (κ3) is 2.52. The zero-order chi connectivity index (χ0) is 13.9. The van der Waals surface area contributed by atoms with E-state index in [1.54, 1.807) is 24.3 Å². The molecule has 3 nitrogen and oxygen atoms in total. The highest BCUT2D eigenvalue weighted by Crippen LogP contribution is 2.49. The van der Waals surface area contributed by atoms with E-state index in [4.69, 9.17) is 4.52 Å². The van der Waals surface area contributed by atoms with Crippen molar-refractivity contribution < 1.29 is 13.5 Å². The van der Waals surface area contributed by atoms with Crippen molar-refractivity contribution >= 4 is 14.5 Å². The molecule has 102 valence electrons. The van der Waals surface area contributed by atoms with Gasteiger partial charge in [0.05, 0.1) is 5.56 Å². The van der Waals surface area contributed by atoms with Gasteiger partial charge < -0.3 is 4.52 Å². The lowest BCUT2D eigenvalue weighted by atomic mass is 10.1. The van der Waals surface area contributed by atoms with E-state index < -0.39 is 8.61 Å². The maximum Gasteiger partial charge on any atom is 0.397 e. The second-order valence-electron chi connectivity index (χ2n) is 4.48. The smallest absolute Gasteiger partial charge is 0.397 e. The highest BCUT2D eigenvalue weighted by molar-refractivity contribution is 7.45. The maximum atomic E-state index is 14.0. The Bertz CT molecular complexity index is 620. The molecule has 1 unspecified atom stereocenters. The van der Waals surface area contributed by atoms with Gasteiger partial charge in [0.25, 0.3) is 5.91 Å². The number of amides is 1. The van der Waals surface area contributed by atoms with E-state index in [2.05, 4.69) is 0 Å². The number of halogens is 1. The van der Waals surface area contributed by atoms with Crippen molar-refractivity contribution in [1.29, 1.82) is 0 Å². The molecule has 0 N–H and O–H groups in total. The molecule has 0 aliphatic carbocycles. The summed E-state index contributed by atoms with van der Waals surface area (Å²) in [5.41, 5.74) is 1.50. The van der Waals surface area contributed by atoms with Crippen molar-refractivity contribution in [3.05, 3.63) is 65.7 Å². The second-order valence-corrected chi connectivity index (χ2v) is 5.60. The van der Waals surface area contributed by atoms with Crippen LogP contribution in [0, 0.1) is 0 Å². The summed E-state index contributed by atoms with van der Waals surface area (Å²) in [6.07, 6.45) is 0.612. The molecule has 0 bridgehead atoms. The minimum atomic E-state index is -2.39. The van der Waals surface area contributed by atoms with E-state index in [1.807, 2.05) is 30.3 Å². The van der Waals surface area contributed by atoms with Gasteiger partial charge in [0.1, 0.15) is 5.75 Å². The Morgan fingerprint density at radius 2 is 1.75 bits per heavy atom. The lowest BCUT2D eigenvalue weighted by Gasteiger charge is -2.29. The molecule has 1 amide bonds. The molecule has 0 saturated heterocycles. The van der Waals surface area contributed by atoms with Crippen LogP contribution in [0.5, 0.6) is 5.75 Å². The van der Waals surface area contributed by atoms with Gasteiger partial charge in [0.2, 0.25) is 0 Å². The van der Waals surface area contributed by atoms with E-state index in [1.165, 1.54) is 4.67 Å². The number of para-hydroxylation sites is 1. The average Bonchev–Trinajstić information content (AvgIpc) is 2.48. The fraction of sp³-hybridized carbons (Fsp3) is 0.133.